The summed E-state index contributed by atoms with van der Waals surface area (Å²) in [6.45, 7) is 18.2. The fourth-order valence-electron chi connectivity index (χ4n) is 8.70. The number of anilines is 2. The molecular weight excluding hydrogens is 986 g/mol. The van der Waals surface area contributed by atoms with Gasteiger partial charge in [-0.25, -0.2) is 29.6 Å². The van der Waals surface area contributed by atoms with Crippen LogP contribution in [0.3, 0.4) is 0 Å². The molecule has 0 bridgehead atoms. The summed E-state index contributed by atoms with van der Waals surface area (Å²) < 4.78 is 14.5. The van der Waals surface area contributed by atoms with Crippen molar-refractivity contribution in [1.29, 1.82) is 0 Å². The lowest BCUT2D eigenvalue weighted by atomic mass is 9.84. The first-order chi connectivity index (χ1) is 33.6. The van der Waals surface area contributed by atoms with Gasteiger partial charge in [0.1, 0.15) is 24.7 Å². The Hall–Kier alpha value is -6.62. The quantitative estimate of drug-likeness (QED) is 0.139. The molecule has 71 heavy (non-hydrogen) atoms. The Kier molecular flexibility index (Phi) is 14.5. The van der Waals surface area contributed by atoms with Crippen LogP contribution in [-0.4, -0.2) is 72.5 Å². The second-order valence-corrected chi connectivity index (χ2v) is 20.7. The second-order valence-electron chi connectivity index (χ2n) is 19.0. The molecule has 0 saturated heterocycles. The molecule has 2 aliphatic rings. The number of aromatic nitrogens is 6. The van der Waals surface area contributed by atoms with Gasteiger partial charge in [-0.3, -0.25) is 15.2 Å². The third-order valence-electron chi connectivity index (χ3n) is 11.6. The van der Waals surface area contributed by atoms with Crippen molar-refractivity contribution in [2.75, 3.05) is 36.3 Å². The molecule has 4 N–H and O–H groups in total. The molecule has 6 heterocycles. The highest BCUT2D eigenvalue weighted by molar-refractivity contribution is 6.35. The molecule has 10 rings (SSSR count). The monoisotopic (exact) mass is 1040 g/mol. The number of ether oxygens (including phenoxy) is 2. The fraction of sp³-hybridized carbons (Fsp3) is 0.269. The Morgan fingerprint density at radius 2 is 1.06 bits per heavy atom. The number of amides is 1. The zero-order valence-corrected chi connectivity index (χ0v) is 43.3. The van der Waals surface area contributed by atoms with Crippen molar-refractivity contribution < 1.29 is 24.2 Å². The number of nitrogens with one attached hydrogen (secondary N) is 1. The lowest BCUT2D eigenvalue weighted by Crippen LogP contribution is -2.47. The van der Waals surface area contributed by atoms with Crippen molar-refractivity contribution in [2.24, 2.45) is 5.84 Å². The van der Waals surface area contributed by atoms with Crippen LogP contribution in [0.5, 0.6) is 11.5 Å². The number of carbonyl (C=O) groups excluding carboxylic acids is 1. The molecule has 8 aromatic rings. The van der Waals surface area contributed by atoms with Crippen LogP contribution in [-0.2, 0) is 10.8 Å². The van der Waals surface area contributed by atoms with Gasteiger partial charge in [0, 0.05) is 42.3 Å². The number of aromatic carboxylic acids is 1. The standard InChI is InChI=1S/C26H25Cl2N5O2.C18H17Cl2N3O2.C8H10N2O/c1-15-23(16-11-17(27)13-18(28)12-16)33-24(30-15)22(26(2,3)4)19(14-29-33)25(34)31-32-9-10-35-21-8-6-5-7-20(21)32;1-9-15(10-5-11(19)7-12(20)6-10)23-16(22-9)14(18(2,3)4)13(8-21-23)17(24)25;9-10-5-6-11-8-4-2-1-3-7(8)10/h5-8,11-14H,9-10H2,1-4H3,(H,31,34);5-8H,1-4H3,(H,24,25);1-4H,5-6,9H2. The van der Waals surface area contributed by atoms with E-state index in [4.69, 9.17) is 66.7 Å². The maximum Gasteiger partial charge on any atom is 0.337 e. The van der Waals surface area contributed by atoms with E-state index in [2.05, 4.69) is 41.4 Å². The number of fused-ring (bicyclic) bond motifs is 4. The number of nitrogens with two attached hydrogens (primary N) is 1. The molecule has 368 valence electrons. The molecule has 4 aromatic carbocycles. The smallest absolute Gasteiger partial charge is 0.337 e. The summed E-state index contributed by atoms with van der Waals surface area (Å²) in [7, 11) is 0. The molecule has 0 fully saturated rings. The van der Waals surface area contributed by atoms with Gasteiger partial charge in [-0.05, 0) is 85.3 Å². The summed E-state index contributed by atoms with van der Waals surface area (Å²) in [6, 6.07) is 26.0. The highest BCUT2D eigenvalue weighted by Crippen LogP contribution is 2.38. The van der Waals surface area contributed by atoms with Crippen LogP contribution in [0, 0.1) is 13.8 Å². The van der Waals surface area contributed by atoms with Crippen LogP contribution in [0.2, 0.25) is 20.1 Å². The van der Waals surface area contributed by atoms with E-state index in [1.54, 1.807) is 44.5 Å². The predicted octanol–water partition coefficient (Wildman–Crippen LogP) is 11.6. The Morgan fingerprint density at radius 1 is 0.634 bits per heavy atom. The minimum absolute atomic E-state index is 0.153. The molecule has 0 unspecified atom stereocenters. The number of hydrazine groups is 2. The van der Waals surface area contributed by atoms with E-state index in [0.717, 1.165) is 68.9 Å². The maximum absolute atomic E-state index is 13.6. The average molecular weight is 1040 g/mol. The van der Waals surface area contributed by atoms with E-state index in [1.807, 2.05) is 100 Å². The van der Waals surface area contributed by atoms with Crippen LogP contribution in [0.4, 0.5) is 11.4 Å². The summed E-state index contributed by atoms with van der Waals surface area (Å²) in [5.41, 5.74) is 11.8. The first kappa shape index (κ1) is 50.8. The van der Waals surface area contributed by atoms with Crippen molar-refractivity contribution >= 4 is 80.9 Å². The van der Waals surface area contributed by atoms with E-state index in [1.165, 1.54) is 6.20 Å². The summed E-state index contributed by atoms with van der Waals surface area (Å²) in [4.78, 5) is 34.7. The van der Waals surface area contributed by atoms with Gasteiger partial charge in [0.05, 0.1) is 70.8 Å². The molecular formula is C52H52Cl4N10O5. The Morgan fingerprint density at radius 3 is 1.52 bits per heavy atom. The highest BCUT2D eigenvalue weighted by atomic mass is 35.5. The Labute approximate surface area is 431 Å². The van der Waals surface area contributed by atoms with E-state index in [9.17, 15) is 14.7 Å². The molecule has 0 radical (unpaired) electrons. The summed E-state index contributed by atoms with van der Waals surface area (Å²) in [6.07, 6.45) is 2.97. The number of aryl methyl sites for hydroxylation is 2. The number of rotatable bonds is 5. The van der Waals surface area contributed by atoms with Gasteiger partial charge in [0.25, 0.3) is 5.91 Å². The number of carboxylic acid groups (broad SMARTS) is 1. The minimum Gasteiger partial charge on any atom is -0.489 e. The van der Waals surface area contributed by atoms with Gasteiger partial charge in [-0.1, -0.05) is 112 Å². The van der Waals surface area contributed by atoms with Crippen molar-refractivity contribution in [3.63, 3.8) is 0 Å². The first-order valence-corrected chi connectivity index (χ1v) is 24.1. The summed E-state index contributed by atoms with van der Waals surface area (Å²) in [5.74, 6) is 6.03. The van der Waals surface area contributed by atoms with Crippen molar-refractivity contribution in [1.82, 2.24) is 34.6 Å². The Bertz CT molecular complexity index is 3300. The Balaban J connectivity index is 0.000000162. The van der Waals surface area contributed by atoms with Crippen LogP contribution < -0.4 is 30.8 Å². The predicted molar refractivity (Wildman–Crippen MR) is 281 cm³/mol. The number of hydrogen-bond donors (Lipinski definition) is 3. The largest absolute Gasteiger partial charge is 0.489 e. The van der Waals surface area contributed by atoms with Crippen LogP contribution in [0.25, 0.3) is 33.8 Å². The number of imidazole rings is 2. The molecule has 0 aliphatic carbocycles. The van der Waals surface area contributed by atoms with E-state index < -0.39 is 11.4 Å². The second kappa shape index (κ2) is 20.2. The van der Waals surface area contributed by atoms with Crippen molar-refractivity contribution in [2.45, 2.75) is 66.2 Å². The number of benzene rings is 4. The van der Waals surface area contributed by atoms with Gasteiger partial charge in [-0.15, -0.1) is 0 Å². The normalized spacial score (nSPS) is 13.3. The lowest BCUT2D eigenvalue weighted by Gasteiger charge is -2.32. The summed E-state index contributed by atoms with van der Waals surface area (Å²) in [5, 5.41) is 24.1. The topological polar surface area (TPSA) is 178 Å². The number of nitrogens with zero attached hydrogens (tertiary/aromatic N) is 8. The number of para-hydroxylation sites is 4. The van der Waals surface area contributed by atoms with Gasteiger partial charge in [-0.2, -0.15) is 10.2 Å². The third-order valence-corrected chi connectivity index (χ3v) is 12.5. The molecule has 0 saturated carbocycles. The lowest BCUT2D eigenvalue weighted by molar-refractivity contribution is 0.0693. The van der Waals surface area contributed by atoms with E-state index in [0.29, 0.717) is 62.3 Å². The number of hydrogen-bond acceptors (Lipinski definition) is 11. The number of halogens is 4. The molecule has 1 amide bonds. The number of carboxylic acids is 1. The zero-order valence-electron chi connectivity index (χ0n) is 40.3. The number of carbonyl (C=O) groups is 2. The van der Waals surface area contributed by atoms with Gasteiger partial charge in [0.15, 0.2) is 11.3 Å². The van der Waals surface area contributed by atoms with E-state index >= 15 is 0 Å². The third kappa shape index (κ3) is 10.7. The first-order valence-electron chi connectivity index (χ1n) is 22.6. The average Bonchev–Trinajstić information content (AvgIpc) is 3.82. The maximum atomic E-state index is 13.6. The molecule has 19 heteroatoms. The molecule has 0 spiro atoms. The molecule has 2 aliphatic heterocycles. The van der Waals surface area contributed by atoms with Crippen LogP contribution >= 0.6 is 46.4 Å². The molecule has 4 aromatic heterocycles. The summed E-state index contributed by atoms with van der Waals surface area (Å²) >= 11 is 24.8. The van der Waals surface area contributed by atoms with Gasteiger partial charge < -0.3 is 19.6 Å². The van der Waals surface area contributed by atoms with Crippen LogP contribution in [0.1, 0.15) is 84.8 Å². The van der Waals surface area contributed by atoms with Gasteiger partial charge in [0.2, 0.25) is 0 Å². The zero-order chi connectivity index (χ0) is 51.1. The molecule has 15 nitrogen and oxygen atoms in total. The van der Waals surface area contributed by atoms with Crippen molar-refractivity contribution in [3.8, 4) is 34.0 Å². The fourth-order valence-corrected chi connectivity index (χ4v) is 9.75. The van der Waals surface area contributed by atoms with Crippen molar-refractivity contribution in [3.05, 3.63) is 151 Å². The van der Waals surface area contributed by atoms with Crippen LogP contribution in [0.15, 0.2) is 97.3 Å². The minimum atomic E-state index is -1.02. The highest BCUT2D eigenvalue weighted by Gasteiger charge is 2.31. The van der Waals surface area contributed by atoms with Gasteiger partial charge >= 0.3 is 5.97 Å². The molecule has 0 atom stereocenters. The SMILES string of the molecule is Cc1nc2c(C(C)(C)C)c(C(=O)NN3CCOc4ccccc43)cnn2c1-c1cc(Cl)cc(Cl)c1.Cc1nc2c(C(C)(C)C)c(C(=O)O)cnn2c1-c1cc(Cl)cc(Cl)c1.NN1CCOc2ccccc21. The van der Waals surface area contributed by atoms with E-state index in [-0.39, 0.29) is 16.9 Å².